The predicted molar refractivity (Wildman–Crippen MR) is 74.7 cm³/mol. The Labute approximate surface area is 115 Å². The van der Waals surface area contributed by atoms with E-state index in [9.17, 15) is 4.79 Å². The number of nitrogens with zero attached hydrogens (tertiary/aromatic N) is 1. The average molecular weight is 277 g/mol. The highest BCUT2D eigenvalue weighted by Crippen LogP contribution is 2.10. The van der Waals surface area contributed by atoms with Crippen LogP contribution in [0, 0.1) is 0 Å². The maximum Gasteiger partial charge on any atom is 0.253 e. The van der Waals surface area contributed by atoms with Crippen molar-refractivity contribution in [2.45, 2.75) is 6.54 Å². The molecule has 5 nitrogen and oxygen atoms in total. The molecule has 0 bridgehead atoms. The summed E-state index contributed by atoms with van der Waals surface area (Å²) < 4.78 is 0. The average Bonchev–Trinajstić information content (AvgIpc) is 2.45. The van der Waals surface area contributed by atoms with Crippen LogP contribution in [-0.4, -0.2) is 10.9 Å². The van der Waals surface area contributed by atoms with Gasteiger partial charge in [-0.05, 0) is 29.8 Å². The van der Waals surface area contributed by atoms with E-state index in [0.717, 1.165) is 5.56 Å². The molecule has 19 heavy (non-hydrogen) atoms. The Bertz CT molecular complexity index is 571. The lowest BCUT2D eigenvalue weighted by Gasteiger charge is -2.06. The predicted octanol–water partition coefficient (Wildman–Crippen LogP) is 1.95. The number of anilines is 1. The molecule has 6 heteroatoms. The molecule has 0 aliphatic carbocycles. The van der Waals surface area contributed by atoms with Gasteiger partial charge in [0.2, 0.25) is 0 Å². The van der Waals surface area contributed by atoms with E-state index < -0.39 is 0 Å². The Kier molecular flexibility index (Phi) is 4.33. The molecule has 0 aliphatic heterocycles. The number of carbonyl (C=O) groups excluding carboxylic acids is 1. The van der Waals surface area contributed by atoms with Crippen LogP contribution in [0.15, 0.2) is 42.6 Å². The lowest BCUT2D eigenvalue weighted by molar-refractivity contribution is 0.0950. The quantitative estimate of drug-likeness (QED) is 0.589. The molecule has 2 rings (SSSR count). The van der Waals surface area contributed by atoms with Crippen molar-refractivity contribution in [2.24, 2.45) is 5.84 Å². The molecule has 1 aromatic heterocycles. The van der Waals surface area contributed by atoms with Crippen molar-refractivity contribution < 1.29 is 4.79 Å². The molecule has 2 aromatic rings. The molecule has 0 unspecified atom stereocenters. The number of amides is 1. The van der Waals surface area contributed by atoms with Gasteiger partial charge >= 0.3 is 0 Å². The summed E-state index contributed by atoms with van der Waals surface area (Å²) in [5.41, 5.74) is 3.81. The summed E-state index contributed by atoms with van der Waals surface area (Å²) in [6.45, 7) is 0.413. The van der Waals surface area contributed by atoms with E-state index in [-0.39, 0.29) is 5.91 Å². The Morgan fingerprint density at radius 2 is 2.16 bits per heavy atom. The third kappa shape index (κ3) is 3.67. The Hall–Kier alpha value is -2.11. The Balaban J connectivity index is 1.97. The summed E-state index contributed by atoms with van der Waals surface area (Å²) in [6, 6.07) is 10.6. The maximum atomic E-state index is 11.9. The molecular formula is C13H13ClN4O. The van der Waals surface area contributed by atoms with Crippen LogP contribution in [0.5, 0.6) is 0 Å². The Morgan fingerprint density at radius 1 is 1.32 bits per heavy atom. The maximum absolute atomic E-state index is 11.9. The SMILES string of the molecule is NNc1ccc(C(=O)NCc2cccc(Cl)c2)cn1. The fourth-order valence-corrected chi connectivity index (χ4v) is 1.76. The van der Waals surface area contributed by atoms with Crippen LogP contribution in [0.3, 0.4) is 0 Å². The molecule has 4 N–H and O–H groups in total. The lowest BCUT2D eigenvalue weighted by atomic mass is 10.2. The van der Waals surface area contributed by atoms with Gasteiger partial charge < -0.3 is 10.7 Å². The number of carbonyl (C=O) groups is 1. The number of nitrogens with one attached hydrogen (secondary N) is 2. The minimum Gasteiger partial charge on any atom is -0.348 e. The number of pyridine rings is 1. The van der Waals surface area contributed by atoms with Gasteiger partial charge in [-0.3, -0.25) is 4.79 Å². The first kappa shape index (κ1) is 13.3. The van der Waals surface area contributed by atoms with E-state index >= 15 is 0 Å². The third-order valence-electron chi connectivity index (χ3n) is 2.52. The molecule has 1 aromatic carbocycles. The largest absolute Gasteiger partial charge is 0.348 e. The van der Waals surface area contributed by atoms with Crippen LogP contribution in [0.4, 0.5) is 5.82 Å². The van der Waals surface area contributed by atoms with Crippen molar-refractivity contribution in [1.29, 1.82) is 0 Å². The van der Waals surface area contributed by atoms with Gasteiger partial charge in [0, 0.05) is 17.8 Å². The van der Waals surface area contributed by atoms with Crippen LogP contribution in [0.2, 0.25) is 5.02 Å². The van der Waals surface area contributed by atoms with Crippen molar-refractivity contribution in [3.63, 3.8) is 0 Å². The molecule has 0 radical (unpaired) electrons. The molecule has 1 heterocycles. The van der Waals surface area contributed by atoms with Crippen molar-refractivity contribution in [3.8, 4) is 0 Å². The molecule has 0 aliphatic rings. The highest BCUT2D eigenvalue weighted by atomic mass is 35.5. The van der Waals surface area contributed by atoms with Crippen LogP contribution in [-0.2, 0) is 6.54 Å². The van der Waals surface area contributed by atoms with Crippen molar-refractivity contribution in [2.75, 3.05) is 5.43 Å². The minimum atomic E-state index is -0.198. The minimum absolute atomic E-state index is 0.198. The summed E-state index contributed by atoms with van der Waals surface area (Å²) in [4.78, 5) is 15.8. The Morgan fingerprint density at radius 3 is 2.79 bits per heavy atom. The van der Waals surface area contributed by atoms with E-state index in [0.29, 0.717) is 22.9 Å². The number of aromatic nitrogens is 1. The summed E-state index contributed by atoms with van der Waals surface area (Å²) in [7, 11) is 0. The van der Waals surface area contributed by atoms with E-state index in [4.69, 9.17) is 17.4 Å². The van der Waals surface area contributed by atoms with Crippen LogP contribution >= 0.6 is 11.6 Å². The highest BCUT2D eigenvalue weighted by Gasteiger charge is 2.05. The number of nitrogen functional groups attached to an aromatic ring is 1. The van der Waals surface area contributed by atoms with Crippen molar-refractivity contribution >= 4 is 23.3 Å². The molecular weight excluding hydrogens is 264 g/mol. The van der Waals surface area contributed by atoms with Gasteiger partial charge in [0.25, 0.3) is 5.91 Å². The molecule has 0 atom stereocenters. The van der Waals surface area contributed by atoms with E-state index in [2.05, 4.69) is 15.7 Å². The van der Waals surface area contributed by atoms with Crippen LogP contribution in [0.1, 0.15) is 15.9 Å². The van der Waals surface area contributed by atoms with E-state index in [1.807, 2.05) is 18.2 Å². The van der Waals surface area contributed by atoms with E-state index in [1.54, 1.807) is 18.2 Å². The van der Waals surface area contributed by atoms with Crippen LogP contribution in [0.25, 0.3) is 0 Å². The standard InChI is InChI=1S/C13H13ClN4O/c14-11-3-1-2-9(6-11)7-17-13(19)10-4-5-12(18-15)16-8-10/h1-6,8H,7,15H2,(H,16,18)(H,17,19). The number of nitrogens with two attached hydrogens (primary N) is 1. The van der Waals surface area contributed by atoms with Gasteiger partial charge in [-0.1, -0.05) is 23.7 Å². The smallest absolute Gasteiger partial charge is 0.253 e. The number of hydrogen-bond donors (Lipinski definition) is 3. The second-order valence-electron chi connectivity index (χ2n) is 3.89. The van der Waals surface area contributed by atoms with Crippen molar-refractivity contribution in [3.05, 3.63) is 58.7 Å². The van der Waals surface area contributed by atoms with Crippen molar-refractivity contribution in [1.82, 2.24) is 10.3 Å². The normalized spacial score (nSPS) is 10.0. The first-order valence-electron chi connectivity index (χ1n) is 5.64. The summed E-state index contributed by atoms with van der Waals surface area (Å²) in [5.74, 6) is 5.51. The van der Waals surface area contributed by atoms with Gasteiger partial charge in [-0.25, -0.2) is 10.8 Å². The number of hydrogen-bond acceptors (Lipinski definition) is 4. The molecule has 1 amide bonds. The number of hydrazine groups is 1. The first-order chi connectivity index (χ1) is 9.19. The van der Waals surface area contributed by atoms with Gasteiger partial charge in [0.1, 0.15) is 5.82 Å². The zero-order valence-electron chi connectivity index (χ0n) is 10.1. The molecule has 0 saturated heterocycles. The van der Waals surface area contributed by atoms with Gasteiger partial charge in [-0.15, -0.1) is 0 Å². The first-order valence-corrected chi connectivity index (χ1v) is 6.02. The number of halogens is 1. The monoisotopic (exact) mass is 276 g/mol. The summed E-state index contributed by atoms with van der Waals surface area (Å²) >= 11 is 5.87. The van der Waals surface area contributed by atoms with Gasteiger partial charge in [-0.2, -0.15) is 0 Å². The highest BCUT2D eigenvalue weighted by molar-refractivity contribution is 6.30. The second-order valence-corrected chi connectivity index (χ2v) is 4.33. The summed E-state index contributed by atoms with van der Waals surface area (Å²) in [6.07, 6.45) is 1.46. The topological polar surface area (TPSA) is 80.0 Å². The van der Waals surface area contributed by atoms with Gasteiger partial charge in [0.05, 0.1) is 5.56 Å². The molecule has 98 valence electrons. The zero-order chi connectivity index (χ0) is 13.7. The van der Waals surface area contributed by atoms with E-state index in [1.165, 1.54) is 6.20 Å². The fraction of sp³-hybridized carbons (Fsp3) is 0.0769. The second kappa shape index (κ2) is 6.17. The molecule has 0 spiro atoms. The van der Waals surface area contributed by atoms with Crippen LogP contribution < -0.4 is 16.6 Å². The number of rotatable bonds is 4. The third-order valence-corrected chi connectivity index (χ3v) is 2.75. The molecule has 0 saturated carbocycles. The van der Waals surface area contributed by atoms with Gasteiger partial charge in [0.15, 0.2) is 0 Å². The zero-order valence-corrected chi connectivity index (χ0v) is 10.8. The lowest BCUT2D eigenvalue weighted by Crippen LogP contribution is -2.23. The number of benzene rings is 1. The fourth-order valence-electron chi connectivity index (χ4n) is 1.54. The summed E-state index contributed by atoms with van der Waals surface area (Å²) in [5, 5.41) is 3.44. The molecule has 0 fully saturated rings.